The summed E-state index contributed by atoms with van der Waals surface area (Å²) in [6.45, 7) is 0.0505. The molecule has 1 rings (SSSR count). The highest BCUT2D eigenvalue weighted by Gasteiger charge is 2.35. The van der Waals surface area contributed by atoms with Gasteiger partial charge >= 0.3 is 0 Å². The molecule has 0 aromatic rings. The topological polar surface area (TPSA) is 32.8 Å². The van der Waals surface area contributed by atoms with Crippen LogP contribution in [-0.2, 0) is 4.74 Å². The summed E-state index contributed by atoms with van der Waals surface area (Å²) < 4.78 is 4.73. The number of terminal acetylenes is 1. The van der Waals surface area contributed by atoms with Gasteiger partial charge in [0.1, 0.15) is 12.2 Å². The highest BCUT2D eigenvalue weighted by molar-refractivity contribution is 5.07. The van der Waals surface area contributed by atoms with Gasteiger partial charge in [0.25, 0.3) is 0 Å². The van der Waals surface area contributed by atoms with Gasteiger partial charge in [-0.1, -0.05) is 5.92 Å². The maximum Gasteiger partial charge on any atom is 0.146 e. The van der Waals surface area contributed by atoms with E-state index in [1.54, 1.807) is 0 Å². The highest BCUT2D eigenvalue weighted by atomic mass is 16.6. The first kappa shape index (κ1) is 4.63. The Morgan fingerprint density at radius 2 is 2.57 bits per heavy atom. The summed E-state index contributed by atoms with van der Waals surface area (Å²) in [5.74, 6) is 2.36. The molecule has 38 valence electrons. The van der Waals surface area contributed by atoms with Gasteiger partial charge in [0, 0.05) is 0 Å². The number of rotatable bonds is 1. The van der Waals surface area contributed by atoms with E-state index in [1.165, 1.54) is 0 Å². The fraction of sp³-hybridized carbons (Fsp3) is 0.600. The highest BCUT2D eigenvalue weighted by Crippen LogP contribution is 2.18. The fourth-order valence-corrected chi connectivity index (χ4v) is 0.428. The van der Waals surface area contributed by atoms with E-state index < -0.39 is 0 Å². The van der Waals surface area contributed by atoms with E-state index in [4.69, 9.17) is 16.3 Å². The van der Waals surface area contributed by atoms with Crippen molar-refractivity contribution in [3.8, 4) is 12.3 Å². The second kappa shape index (κ2) is 1.53. The third-order valence-electron chi connectivity index (χ3n) is 0.927. The summed E-state index contributed by atoms with van der Waals surface area (Å²) in [5.41, 5.74) is 0. The third-order valence-corrected chi connectivity index (χ3v) is 0.927. The Morgan fingerprint density at radius 1 is 1.86 bits per heavy atom. The van der Waals surface area contributed by atoms with Crippen molar-refractivity contribution in [1.82, 2.24) is 0 Å². The van der Waals surface area contributed by atoms with Crippen LogP contribution < -0.4 is 0 Å². The molecule has 0 radical (unpaired) electrons. The molecule has 2 heteroatoms. The Balaban J connectivity index is 2.21. The van der Waals surface area contributed by atoms with E-state index in [9.17, 15) is 0 Å². The third kappa shape index (κ3) is 0.738. The number of hydrogen-bond acceptors (Lipinski definition) is 2. The monoisotopic (exact) mass is 98.0 g/mol. The van der Waals surface area contributed by atoms with Crippen LogP contribution in [0.25, 0.3) is 0 Å². The summed E-state index contributed by atoms with van der Waals surface area (Å²) in [5, 5.41) is 8.29. The van der Waals surface area contributed by atoms with Gasteiger partial charge in [0.2, 0.25) is 0 Å². The lowest BCUT2D eigenvalue weighted by atomic mass is 10.3. The Hall–Kier alpha value is -0.520. The molecular formula is C5H6O2. The standard InChI is InChI=1S/C5H6O2/c1-2-4-5(3-6)7-4/h1,4-6H,3H2/t4-,5+/m1/s1. The van der Waals surface area contributed by atoms with Crippen molar-refractivity contribution in [2.24, 2.45) is 0 Å². The molecule has 1 N–H and O–H groups in total. The maximum atomic E-state index is 8.29. The lowest BCUT2D eigenvalue weighted by Gasteiger charge is -1.73. The molecule has 1 aliphatic heterocycles. The predicted octanol–water partition coefficient (Wildman–Crippen LogP) is -0.621. The van der Waals surface area contributed by atoms with Gasteiger partial charge in [0.15, 0.2) is 0 Å². The minimum atomic E-state index is -0.106. The molecule has 1 heterocycles. The zero-order valence-corrected chi connectivity index (χ0v) is 3.79. The molecule has 2 atom stereocenters. The number of ether oxygens (including phenoxy) is 1. The zero-order chi connectivity index (χ0) is 5.28. The minimum Gasteiger partial charge on any atom is -0.394 e. The van der Waals surface area contributed by atoms with E-state index in [1.807, 2.05) is 0 Å². The van der Waals surface area contributed by atoms with Crippen molar-refractivity contribution in [3.63, 3.8) is 0 Å². The van der Waals surface area contributed by atoms with Gasteiger partial charge in [-0.25, -0.2) is 0 Å². The molecule has 0 unspecified atom stereocenters. The number of aliphatic hydroxyl groups excluding tert-OH is 1. The second-order valence-corrected chi connectivity index (χ2v) is 1.44. The Morgan fingerprint density at radius 3 is 2.71 bits per heavy atom. The van der Waals surface area contributed by atoms with Crippen molar-refractivity contribution in [2.45, 2.75) is 12.2 Å². The van der Waals surface area contributed by atoms with Crippen LogP contribution in [0.2, 0.25) is 0 Å². The molecule has 7 heavy (non-hydrogen) atoms. The summed E-state index contributed by atoms with van der Waals surface area (Å²) >= 11 is 0. The molecule has 0 amide bonds. The molecule has 1 aliphatic rings. The lowest BCUT2D eigenvalue weighted by Crippen LogP contribution is -1.95. The molecule has 0 aromatic carbocycles. The van der Waals surface area contributed by atoms with Crippen LogP contribution >= 0.6 is 0 Å². The summed E-state index contributed by atoms with van der Waals surface area (Å²) in [6, 6.07) is 0. The van der Waals surface area contributed by atoms with E-state index >= 15 is 0 Å². The quantitative estimate of drug-likeness (QED) is 0.350. The average molecular weight is 98.1 g/mol. The molecule has 0 spiro atoms. The Labute approximate surface area is 42.1 Å². The largest absolute Gasteiger partial charge is 0.394 e. The summed E-state index contributed by atoms with van der Waals surface area (Å²) in [6.07, 6.45) is 4.74. The SMILES string of the molecule is C#C[C@H]1O[C@H]1CO. The van der Waals surface area contributed by atoms with Gasteiger partial charge in [-0.3, -0.25) is 0 Å². The first-order valence-electron chi connectivity index (χ1n) is 2.11. The predicted molar refractivity (Wildman–Crippen MR) is 24.6 cm³/mol. The van der Waals surface area contributed by atoms with Crippen LogP contribution in [0.1, 0.15) is 0 Å². The molecule has 0 saturated carbocycles. The van der Waals surface area contributed by atoms with Crippen LogP contribution in [0.3, 0.4) is 0 Å². The smallest absolute Gasteiger partial charge is 0.146 e. The average Bonchev–Trinajstić information content (AvgIpc) is 2.43. The van der Waals surface area contributed by atoms with E-state index in [0.29, 0.717) is 0 Å². The number of epoxide rings is 1. The molecule has 1 saturated heterocycles. The van der Waals surface area contributed by atoms with Gasteiger partial charge in [0.05, 0.1) is 6.61 Å². The van der Waals surface area contributed by atoms with Gasteiger partial charge in [-0.15, -0.1) is 6.42 Å². The first-order chi connectivity index (χ1) is 3.38. The zero-order valence-electron chi connectivity index (χ0n) is 3.79. The van der Waals surface area contributed by atoms with Crippen LogP contribution in [-0.4, -0.2) is 23.9 Å². The van der Waals surface area contributed by atoms with Crippen molar-refractivity contribution >= 4 is 0 Å². The normalized spacial score (nSPS) is 37.1. The molecular weight excluding hydrogens is 92.1 g/mol. The van der Waals surface area contributed by atoms with Crippen molar-refractivity contribution in [3.05, 3.63) is 0 Å². The lowest BCUT2D eigenvalue weighted by molar-refractivity contribution is 0.243. The summed E-state index contributed by atoms with van der Waals surface area (Å²) in [4.78, 5) is 0. The Kier molecular flexibility index (Phi) is 1.01. The maximum absolute atomic E-state index is 8.29. The first-order valence-corrected chi connectivity index (χ1v) is 2.11. The van der Waals surface area contributed by atoms with Gasteiger partial charge in [-0.2, -0.15) is 0 Å². The van der Waals surface area contributed by atoms with Crippen LogP contribution in [0.15, 0.2) is 0 Å². The van der Waals surface area contributed by atoms with E-state index in [2.05, 4.69) is 5.92 Å². The fourth-order valence-electron chi connectivity index (χ4n) is 0.428. The van der Waals surface area contributed by atoms with Crippen LogP contribution in [0, 0.1) is 12.3 Å². The van der Waals surface area contributed by atoms with Crippen molar-refractivity contribution in [1.29, 1.82) is 0 Å². The van der Waals surface area contributed by atoms with Crippen LogP contribution in [0.4, 0.5) is 0 Å². The van der Waals surface area contributed by atoms with Crippen LogP contribution in [0.5, 0.6) is 0 Å². The summed E-state index contributed by atoms with van der Waals surface area (Å²) in [7, 11) is 0. The van der Waals surface area contributed by atoms with Gasteiger partial charge in [-0.05, 0) is 0 Å². The molecule has 0 bridgehead atoms. The van der Waals surface area contributed by atoms with Crippen molar-refractivity contribution in [2.75, 3.05) is 6.61 Å². The number of aliphatic hydroxyl groups is 1. The number of hydrogen-bond donors (Lipinski definition) is 1. The Bertz CT molecular complexity index is 103. The molecule has 0 aromatic heterocycles. The molecule has 1 fully saturated rings. The van der Waals surface area contributed by atoms with Crippen molar-refractivity contribution < 1.29 is 9.84 Å². The molecule has 2 nitrogen and oxygen atoms in total. The minimum absolute atomic E-state index is 0.0505. The molecule has 0 aliphatic carbocycles. The van der Waals surface area contributed by atoms with E-state index in [-0.39, 0.29) is 18.8 Å². The van der Waals surface area contributed by atoms with Gasteiger partial charge < -0.3 is 9.84 Å². The van der Waals surface area contributed by atoms with E-state index in [0.717, 1.165) is 0 Å². The second-order valence-electron chi connectivity index (χ2n) is 1.44.